The molecule has 0 atom stereocenters. The third-order valence-corrected chi connectivity index (χ3v) is 4.73. The molecular formula is C21H27F3N4O. The van der Waals surface area contributed by atoms with Gasteiger partial charge in [-0.05, 0) is 43.9 Å². The molecule has 0 spiro atoms. The number of amides is 1. The van der Waals surface area contributed by atoms with Gasteiger partial charge in [0.25, 0.3) is 0 Å². The van der Waals surface area contributed by atoms with Crippen LogP contribution in [0.1, 0.15) is 37.3 Å². The van der Waals surface area contributed by atoms with Crippen LogP contribution in [0.5, 0.6) is 0 Å². The van der Waals surface area contributed by atoms with Crippen molar-refractivity contribution >= 4 is 11.9 Å². The van der Waals surface area contributed by atoms with Gasteiger partial charge in [-0.1, -0.05) is 17.9 Å². The lowest BCUT2D eigenvalue weighted by Crippen LogP contribution is -2.46. The highest BCUT2D eigenvalue weighted by Gasteiger charge is 2.30. The minimum absolute atomic E-state index is 0.0638. The number of hydrogen-bond donors (Lipinski definition) is 2. The third kappa shape index (κ3) is 7.33. The van der Waals surface area contributed by atoms with E-state index >= 15 is 0 Å². The number of halogens is 3. The van der Waals surface area contributed by atoms with Crippen LogP contribution >= 0.6 is 0 Å². The molecule has 0 bridgehead atoms. The number of carbonyl (C=O) groups excluding carboxylic acids is 1. The molecule has 1 saturated heterocycles. The minimum Gasteiger partial charge on any atom is -0.359 e. The maximum atomic E-state index is 12.8. The van der Waals surface area contributed by atoms with E-state index < -0.39 is 11.7 Å². The summed E-state index contributed by atoms with van der Waals surface area (Å²) in [5.41, 5.74) is -0.393. The second-order valence-electron chi connectivity index (χ2n) is 6.86. The van der Waals surface area contributed by atoms with Crippen LogP contribution in [0.2, 0.25) is 0 Å². The van der Waals surface area contributed by atoms with Gasteiger partial charge in [0.05, 0.1) is 5.56 Å². The maximum absolute atomic E-state index is 12.8. The Hall–Kier alpha value is -2.69. The Morgan fingerprint density at radius 1 is 1.31 bits per heavy atom. The normalized spacial score (nSPS) is 15.5. The lowest BCUT2D eigenvalue weighted by molar-refractivity contribution is -0.137. The predicted molar refractivity (Wildman–Crippen MR) is 107 cm³/mol. The van der Waals surface area contributed by atoms with Crippen LogP contribution in [0.15, 0.2) is 29.3 Å². The van der Waals surface area contributed by atoms with Gasteiger partial charge in [0, 0.05) is 38.7 Å². The molecule has 1 aromatic rings. The van der Waals surface area contributed by atoms with Gasteiger partial charge in [-0.3, -0.25) is 4.79 Å². The van der Waals surface area contributed by atoms with E-state index in [-0.39, 0.29) is 12.5 Å². The van der Waals surface area contributed by atoms with Crippen molar-refractivity contribution in [1.29, 1.82) is 0 Å². The number of hydrogen-bond acceptors (Lipinski definition) is 2. The highest BCUT2D eigenvalue weighted by atomic mass is 19.4. The molecule has 0 aliphatic carbocycles. The van der Waals surface area contributed by atoms with Crippen LogP contribution in [-0.2, 0) is 11.0 Å². The molecule has 1 heterocycles. The van der Waals surface area contributed by atoms with Crippen molar-refractivity contribution in [3.63, 3.8) is 0 Å². The van der Waals surface area contributed by atoms with Crippen LogP contribution in [0.3, 0.4) is 0 Å². The van der Waals surface area contributed by atoms with Crippen LogP contribution in [0.4, 0.5) is 13.2 Å². The van der Waals surface area contributed by atoms with Crippen LogP contribution < -0.4 is 10.6 Å². The van der Waals surface area contributed by atoms with Gasteiger partial charge in [0.1, 0.15) is 6.54 Å². The Kier molecular flexibility index (Phi) is 8.37. The Balaban J connectivity index is 1.96. The first-order valence-electron chi connectivity index (χ1n) is 9.73. The molecule has 0 saturated carbocycles. The third-order valence-electron chi connectivity index (χ3n) is 4.73. The molecule has 1 amide bonds. The van der Waals surface area contributed by atoms with Crippen molar-refractivity contribution in [2.45, 2.75) is 32.4 Å². The summed E-state index contributed by atoms with van der Waals surface area (Å²) in [4.78, 5) is 18.1. The van der Waals surface area contributed by atoms with Gasteiger partial charge in [0.2, 0.25) is 5.91 Å². The Morgan fingerprint density at radius 3 is 2.66 bits per heavy atom. The number of rotatable bonds is 4. The van der Waals surface area contributed by atoms with Gasteiger partial charge in [-0.15, -0.1) is 0 Å². The standard InChI is InChI=1S/C21H27F3N4O/c1-3-26-20(28-12-9-17(10-13-28)15-19(29)25-2)27-11-5-7-16-6-4-8-18(14-16)21(22,23)24/h4,6,8,14,17H,3,9-13,15H2,1-2H3,(H,25,29)(H,26,27). The summed E-state index contributed by atoms with van der Waals surface area (Å²) in [6, 6.07) is 4.97. The summed E-state index contributed by atoms with van der Waals surface area (Å²) in [6.07, 6.45) is -2.01. The molecule has 1 aromatic carbocycles. The molecule has 0 radical (unpaired) electrons. The molecule has 1 fully saturated rings. The Bertz CT molecular complexity index is 772. The second-order valence-corrected chi connectivity index (χ2v) is 6.86. The van der Waals surface area contributed by atoms with Gasteiger partial charge < -0.3 is 15.5 Å². The van der Waals surface area contributed by atoms with E-state index in [1.165, 1.54) is 6.07 Å². The smallest absolute Gasteiger partial charge is 0.359 e. The number of nitrogens with zero attached hydrogens (tertiary/aromatic N) is 2. The zero-order valence-electron chi connectivity index (χ0n) is 16.8. The van der Waals surface area contributed by atoms with Crippen molar-refractivity contribution in [2.75, 3.05) is 33.2 Å². The van der Waals surface area contributed by atoms with Crippen molar-refractivity contribution < 1.29 is 18.0 Å². The van der Waals surface area contributed by atoms with Crippen LogP contribution in [0, 0.1) is 17.8 Å². The van der Waals surface area contributed by atoms with E-state index in [4.69, 9.17) is 0 Å². The van der Waals surface area contributed by atoms with Gasteiger partial charge in [-0.2, -0.15) is 13.2 Å². The minimum atomic E-state index is -4.38. The number of aliphatic imine (C=N–C) groups is 1. The number of guanidine groups is 1. The van der Waals surface area contributed by atoms with E-state index in [9.17, 15) is 18.0 Å². The molecule has 2 N–H and O–H groups in total. The second kappa shape index (κ2) is 10.7. The molecule has 29 heavy (non-hydrogen) atoms. The fraction of sp³-hybridized carbons (Fsp3) is 0.524. The summed E-state index contributed by atoms with van der Waals surface area (Å²) in [6.45, 7) is 4.47. The highest BCUT2D eigenvalue weighted by Crippen LogP contribution is 2.29. The number of piperidine rings is 1. The summed E-state index contributed by atoms with van der Waals surface area (Å²) in [5, 5.41) is 5.89. The van der Waals surface area contributed by atoms with E-state index in [0.717, 1.165) is 44.0 Å². The van der Waals surface area contributed by atoms with Gasteiger partial charge in [-0.25, -0.2) is 4.99 Å². The summed E-state index contributed by atoms with van der Waals surface area (Å²) >= 11 is 0. The fourth-order valence-electron chi connectivity index (χ4n) is 3.17. The number of benzene rings is 1. The zero-order valence-corrected chi connectivity index (χ0v) is 16.8. The molecule has 5 nitrogen and oxygen atoms in total. The molecule has 2 rings (SSSR count). The first-order valence-corrected chi connectivity index (χ1v) is 9.73. The molecule has 8 heteroatoms. The first-order chi connectivity index (χ1) is 13.8. The molecule has 158 valence electrons. The van der Waals surface area contributed by atoms with Crippen molar-refractivity contribution in [2.24, 2.45) is 10.9 Å². The van der Waals surface area contributed by atoms with E-state index in [1.54, 1.807) is 13.1 Å². The zero-order chi connectivity index (χ0) is 21.3. The van der Waals surface area contributed by atoms with Crippen LogP contribution in [-0.4, -0.2) is 50.0 Å². The van der Waals surface area contributed by atoms with E-state index in [2.05, 4.69) is 32.4 Å². The monoisotopic (exact) mass is 408 g/mol. The van der Waals surface area contributed by atoms with Gasteiger partial charge in [0.15, 0.2) is 5.96 Å². The average Bonchev–Trinajstić information content (AvgIpc) is 2.70. The SMILES string of the molecule is CCNC(=NCC#Cc1cccc(C(F)(F)F)c1)N1CCC(CC(=O)NC)CC1. The maximum Gasteiger partial charge on any atom is 0.416 e. The lowest BCUT2D eigenvalue weighted by Gasteiger charge is -2.34. The molecule has 0 unspecified atom stereocenters. The molecule has 0 aromatic heterocycles. The predicted octanol–water partition coefficient (Wildman–Crippen LogP) is 2.87. The Labute approximate surface area is 169 Å². The van der Waals surface area contributed by atoms with Crippen molar-refractivity contribution in [3.8, 4) is 11.8 Å². The molecule has 1 aliphatic rings. The number of carbonyl (C=O) groups is 1. The number of alkyl halides is 3. The highest BCUT2D eigenvalue weighted by molar-refractivity contribution is 5.80. The topological polar surface area (TPSA) is 56.7 Å². The molecule has 1 aliphatic heterocycles. The lowest BCUT2D eigenvalue weighted by atomic mass is 9.93. The fourth-order valence-corrected chi connectivity index (χ4v) is 3.17. The summed E-state index contributed by atoms with van der Waals surface area (Å²) < 4.78 is 38.3. The quantitative estimate of drug-likeness (QED) is 0.458. The number of likely N-dealkylation sites (tertiary alicyclic amines) is 1. The van der Waals surface area contributed by atoms with E-state index in [1.807, 2.05) is 6.92 Å². The van der Waals surface area contributed by atoms with Gasteiger partial charge >= 0.3 is 6.18 Å². The molecular weight excluding hydrogens is 381 g/mol. The van der Waals surface area contributed by atoms with Crippen molar-refractivity contribution in [3.05, 3.63) is 35.4 Å². The first kappa shape index (κ1) is 22.6. The van der Waals surface area contributed by atoms with E-state index in [0.29, 0.717) is 24.4 Å². The Morgan fingerprint density at radius 2 is 2.03 bits per heavy atom. The largest absolute Gasteiger partial charge is 0.416 e. The van der Waals surface area contributed by atoms with Crippen LogP contribution in [0.25, 0.3) is 0 Å². The summed E-state index contributed by atoms with van der Waals surface area (Å²) in [5.74, 6) is 6.75. The average molecular weight is 408 g/mol. The number of nitrogens with one attached hydrogen (secondary N) is 2. The van der Waals surface area contributed by atoms with Crippen molar-refractivity contribution in [1.82, 2.24) is 15.5 Å². The summed E-state index contributed by atoms with van der Waals surface area (Å²) in [7, 11) is 1.65.